The molecule has 1 unspecified atom stereocenters. The van der Waals surface area contributed by atoms with Crippen LogP contribution in [0.5, 0.6) is 0 Å². The van der Waals surface area contributed by atoms with Gasteiger partial charge in [-0.3, -0.25) is 4.79 Å². The zero-order chi connectivity index (χ0) is 15.2. The third kappa shape index (κ3) is 4.11. The van der Waals surface area contributed by atoms with Crippen LogP contribution in [0.3, 0.4) is 0 Å². The standard InChI is InChI=1S/C16H25N3O2/c1-3-18-16(20)13-4-5-14(17)15(10-13)19-11(2)12-6-8-21-9-7-12/h4-5,10-12,19H,3,6-9,17H2,1-2H3,(H,18,20). The van der Waals surface area contributed by atoms with E-state index in [0.717, 1.165) is 31.7 Å². The van der Waals surface area contributed by atoms with E-state index >= 15 is 0 Å². The SMILES string of the molecule is CCNC(=O)c1ccc(N)c(NC(C)C2CCOCC2)c1. The van der Waals surface area contributed by atoms with Crippen LogP contribution in [0.4, 0.5) is 11.4 Å². The van der Waals surface area contributed by atoms with Crippen molar-refractivity contribution in [2.24, 2.45) is 5.92 Å². The van der Waals surface area contributed by atoms with E-state index < -0.39 is 0 Å². The number of hydrogen-bond acceptors (Lipinski definition) is 4. The predicted octanol–water partition coefficient (Wildman–Crippen LogP) is 2.25. The van der Waals surface area contributed by atoms with Crippen LogP contribution in [-0.2, 0) is 4.74 Å². The van der Waals surface area contributed by atoms with E-state index in [1.165, 1.54) is 0 Å². The molecule has 116 valence electrons. The fraction of sp³-hybridized carbons (Fsp3) is 0.562. The predicted molar refractivity (Wildman–Crippen MR) is 85.5 cm³/mol. The highest BCUT2D eigenvalue weighted by molar-refractivity contribution is 5.96. The third-order valence-electron chi connectivity index (χ3n) is 4.01. The fourth-order valence-electron chi connectivity index (χ4n) is 2.66. The minimum Gasteiger partial charge on any atom is -0.397 e. The molecular weight excluding hydrogens is 266 g/mol. The maximum absolute atomic E-state index is 11.9. The molecule has 4 N–H and O–H groups in total. The number of nitrogens with one attached hydrogen (secondary N) is 2. The second-order valence-electron chi connectivity index (χ2n) is 5.54. The number of hydrogen-bond donors (Lipinski definition) is 3. The number of nitrogens with two attached hydrogens (primary N) is 1. The molecule has 1 atom stereocenters. The summed E-state index contributed by atoms with van der Waals surface area (Å²) in [4.78, 5) is 11.9. The van der Waals surface area contributed by atoms with Crippen LogP contribution in [0, 0.1) is 5.92 Å². The van der Waals surface area contributed by atoms with Crippen molar-refractivity contribution in [1.29, 1.82) is 0 Å². The summed E-state index contributed by atoms with van der Waals surface area (Å²) in [5, 5.41) is 6.26. The minimum absolute atomic E-state index is 0.0701. The molecule has 1 heterocycles. The Bertz CT molecular complexity index is 484. The van der Waals surface area contributed by atoms with Crippen LogP contribution in [0.15, 0.2) is 18.2 Å². The Labute approximate surface area is 126 Å². The monoisotopic (exact) mass is 291 g/mol. The topological polar surface area (TPSA) is 76.4 Å². The molecule has 5 heteroatoms. The summed E-state index contributed by atoms with van der Waals surface area (Å²) in [6, 6.07) is 5.67. The highest BCUT2D eigenvalue weighted by Gasteiger charge is 2.21. The molecule has 0 saturated carbocycles. The first-order chi connectivity index (χ1) is 10.1. The lowest BCUT2D eigenvalue weighted by Crippen LogP contribution is -2.31. The highest BCUT2D eigenvalue weighted by atomic mass is 16.5. The summed E-state index contributed by atoms with van der Waals surface area (Å²) < 4.78 is 5.40. The summed E-state index contributed by atoms with van der Waals surface area (Å²) in [7, 11) is 0. The van der Waals surface area contributed by atoms with Crippen molar-refractivity contribution in [2.75, 3.05) is 30.8 Å². The fourth-order valence-corrected chi connectivity index (χ4v) is 2.66. The molecule has 0 spiro atoms. The van der Waals surface area contributed by atoms with Crippen LogP contribution in [0.1, 0.15) is 37.0 Å². The Morgan fingerprint density at radius 1 is 1.43 bits per heavy atom. The van der Waals surface area contributed by atoms with Crippen molar-refractivity contribution in [3.8, 4) is 0 Å². The maximum atomic E-state index is 11.9. The summed E-state index contributed by atoms with van der Waals surface area (Å²) in [6.45, 7) is 6.33. The lowest BCUT2D eigenvalue weighted by Gasteiger charge is -2.29. The zero-order valence-electron chi connectivity index (χ0n) is 12.8. The molecule has 0 bridgehead atoms. The molecule has 1 aromatic rings. The van der Waals surface area contributed by atoms with Gasteiger partial charge in [0.1, 0.15) is 0 Å². The molecule has 0 radical (unpaired) electrons. The molecule has 0 aliphatic carbocycles. The molecule has 1 amide bonds. The van der Waals surface area contributed by atoms with Crippen LogP contribution >= 0.6 is 0 Å². The van der Waals surface area contributed by atoms with E-state index in [2.05, 4.69) is 17.6 Å². The molecule has 1 aliphatic rings. The molecular formula is C16H25N3O2. The Kier molecular flexibility index (Phi) is 5.44. The number of amides is 1. The Morgan fingerprint density at radius 2 is 2.14 bits per heavy atom. The van der Waals surface area contributed by atoms with Crippen molar-refractivity contribution in [3.05, 3.63) is 23.8 Å². The average Bonchev–Trinajstić information content (AvgIpc) is 2.50. The first kappa shape index (κ1) is 15.6. The smallest absolute Gasteiger partial charge is 0.251 e. The second-order valence-corrected chi connectivity index (χ2v) is 5.54. The van der Waals surface area contributed by atoms with Gasteiger partial charge in [-0.25, -0.2) is 0 Å². The van der Waals surface area contributed by atoms with Gasteiger partial charge >= 0.3 is 0 Å². The van der Waals surface area contributed by atoms with E-state index in [1.54, 1.807) is 12.1 Å². The van der Waals surface area contributed by atoms with Gasteiger partial charge in [-0.1, -0.05) is 0 Å². The Hall–Kier alpha value is -1.75. The number of carbonyl (C=O) groups excluding carboxylic acids is 1. The minimum atomic E-state index is -0.0701. The first-order valence-corrected chi connectivity index (χ1v) is 7.63. The molecule has 1 aromatic carbocycles. The van der Waals surface area contributed by atoms with Gasteiger partial charge < -0.3 is 21.1 Å². The van der Waals surface area contributed by atoms with E-state index in [0.29, 0.717) is 29.8 Å². The van der Waals surface area contributed by atoms with Gasteiger partial charge in [0.25, 0.3) is 5.91 Å². The Morgan fingerprint density at radius 3 is 2.81 bits per heavy atom. The number of carbonyl (C=O) groups is 1. The molecule has 21 heavy (non-hydrogen) atoms. The van der Waals surface area contributed by atoms with Crippen LogP contribution < -0.4 is 16.4 Å². The molecule has 1 saturated heterocycles. The molecule has 0 aromatic heterocycles. The summed E-state index contributed by atoms with van der Waals surface area (Å²) >= 11 is 0. The number of benzene rings is 1. The van der Waals surface area contributed by atoms with Gasteiger partial charge in [-0.15, -0.1) is 0 Å². The lowest BCUT2D eigenvalue weighted by atomic mass is 9.92. The van der Waals surface area contributed by atoms with Gasteiger partial charge in [-0.05, 0) is 50.8 Å². The molecule has 5 nitrogen and oxygen atoms in total. The molecule has 2 rings (SSSR count). The van der Waals surface area contributed by atoms with E-state index in [1.807, 2.05) is 13.0 Å². The number of rotatable bonds is 5. The van der Waals surface area contributed by atoms with Gasteiger partial charge in [0, 0.05) is 31.4 Å². The van der Waals surface area contributed by atoms with Crippen molar-refractivity contribution in [1.82, 2.24) is 5.32 Å². The number of nitrogen functional groups attached to an aromatic ring is 1. The van der Waals surface area contributed by atoms with Crippen molar-refractivity contribution in [2.45, 2.75) is 32.7 Å². The van der Waals surface area contributed by atoms with E-state index in [-0.39, 0.29) is 5.91 Å². The zero-order valence-corrected chi connectivity index (χ0v) is 12.8. The van der Waals surface area contributed by atoms with Gasteiger partial charge in [0.05, 0.1) is 11.4 Å². The first-order valence-electron chi connectivity index (χ1n) is 7.63. The quantitative estimate of drug-likeness (QED) is 0.727. The van der Waals surface area contributed by atoms with Gasteiger partial charge in [0.15, 0.2) is 0 Å². The largest absolute Gasteiger partial charge is 0.397 e. The summed E-state index contributed by atoms with van der Waals surface area (Å²) in [6.07, 6.45) is 2.12. The van der Waals surface area contributed by atoms with Gasteiger partial charge in [-0.2, -0.15) is 0 Å². The third-order valence-corrected chi connectivity index (χ3v) is 4.01. The van der Waals surface area contributed by atoms with Crippen molar-refractivity contribution >= 4 is 17.3 Å². The van der Waals surface area contributed by atoms with Crippen LogP contribution in [-0.4, -0.2) is 31.7 Å². The van der Waals surface area contributed by atoms with E-state index in [9.17, 15) is 4.79 Å². The summed E-state index contributed by atoms with van der Waals surface area (Å²) in [5.74, 6) is 0.505. The van der Waals surface area contributed by atoms with Crippen LogP contribution in [0.2, 0.25) is 0 Å². The van der Waals surface area contributed by atoms with Crippen molar-refractivity contribution in [3.63, 3.8) is 0 Å². The van der Waals surface area contributed by atoms with E-state index in [4.69, 9.17) is 10.5 Å². The number of anilines is 2. The maximum Gasteiger partial charge on any atom is 0.251 e. The van der Waals surface area contributed by atoms with Gasteiger partial charge in [0.2, 0.25) is 0 Å². The second kappa shape index (κ2) is 7.31. The van der Waals surface area contributed by atoms with Crippen LogP contribution in [0.25, 0.3) is 0 Å². The lowest BCUT2D eigenvalue weighted by molar-refractivity contribution is 0.0622. The molecule has 1 aliphatic heterocycles. The Balaban J connectivity index is 2.07. The molecule has 1 fully saturated rings. The average molecular weight is 291 g/mol. The van der Waals surface area contributed by atoms with Crippen molar-refractivity contribution < 1.29 is 9.53 Å². The summed E-state index contributed by atoms with van der Waals surface area (Å²) in [5.41, 5.74) is 8.15. The normalized spacial score (nSPS) is 17.2. The number of ether oxygens (including phenoxy) is 1. The highest BCUT2D eigenvalue weighted by Crippen LogP contribution is 2.26.